The Morgan fingerprint density at radius 2 is 1.92 bits per heavy atom. The number of hydrogen-bond acceptors (Lipinski definition) is 2. The van der Waals surface area contributed by atoms with Crippen LogP contribution in [0, 0.1) is 0 Å². The highest BCUT2D eigenvalue weighted by molar-refractivity contribution is 7.99. The molecule has 12 heavy (non-hydrogen) atoms. The second-order valence-corrected chi connectivity index (χ2v) is 4.13. The van der Waals surface area contributed by atoms with Crippen LogP contribution in [0.4, 0.5) is 0 Å². The third-order valence-corrected chi connectivity index (χ3v) is 2.61. The van der Waals surface area contributed by atoms with Gasteiger partial charge in [-0.1, -0.05) is 19.1 Å². The van der Waals surface area contributed by atoms with E-state index in [0.29, 0.717) is 0 Å². The SMILES string of the molecule is CCSc1ccc([C@H](C)N)cc1. The van der Waals surface area contributed by atoms with E-state index in [4.69, 9.17) is 5.73 Å². The van der Waals surface area contributed by atoms with Crippen molar-refractivity contribution < 1.29 is 0 Å². The maximum absolute atomic E-state index is 5.73. The van der Waals surface area contributed by atoms with Gasteiger partial charge in [-0.05, 0) is 30.4 Å². The average Bonchev–Trinajstić information content (AvgIpc) is 2.06. The highest BCUT2D eigenvalue weighted by Gasteiger charge is 1.97. The molecule has 0 fully saturated rings. The van der Waals surface area contributed by atoms with Gasteiger partial charge in [-0.25, -0.2) is 0 Å². The summed E-state index contributed by atoms with van der Waals surface area (Å²) in [6, 6.07) is 8.61. The fraction of sp³-hybridized carbons (Fsp3) is 0.400. The molecule has 0 bridgehead atoms. The maximum atomic E-state index is 5.73. The lowest BCUT2D eigenvalue weighted by atomic mass is 10.1. The van der Waals surface area contributed by atoms with E-state index in [0.717, 1.165) is 5.75 Å². The smallest absolute Gasteiger partial charge is 0.0266 e. The third kappa shape index (κ3) is 2.54. The minimum atomic E-state index is 0.144. The lowest BCUT2D eigenvalue weighted by Gasteiger charge is -2.05. The van der Waals surface area contributed by atoms with Crippen LogP contribution in [0.2, 0.25) is 0 Å². The maximum Gasteiger partial charge on any atom is 0.0266 e. The molecule has 0 amide bonds. The molecule has 0 radical (unpaired) electrons. The monoisotopic (exact) mass is 181 g/mol. The van der Waals surface area contributed by atoms with Crippen molar-refractivity contribution >= 4 is 11.8 Å². The highest BCUT2D eigenvalue weighted by Crippen LogP contribution is 2.19. The van der Waals surface area contributed by atoms with E-state index in [9.17, 15) is 0 Å². The summed E-state index contributed by atoms with van der Waals surface area (Å²) in [5.41, 5.74) is 6.94. The quantitative estimate of drug-likeness (QED) is 0.726. The summed E-state index contributed by atoms with van der Waals surface area (Å²) in [4.78, 5) is 1.32. The van der Waals surface area contributed by atoms with E-state index in [2.05, 4.69) is 31.2 Å². The van der Waals surface area contributed by atoms with Crippen molar-refractivity contribution in [2.75, 3.05) is 5.75 Å². The van der Waals surface area contributed by atoms with Crippen LogP contribution in [0.3, 0.4) is 0 Å². The lowest BCUT2D eigenvalue weighted by molar-refractivity contribution is 0.817. The van der Waals surface area contributed by atoms with Crippen molar-refractivity contribution in [2.45, 2.75) is 24.8 Å². The van der Waals surface area contributed by atoms with Gasteiger partial charge in [0.25, 0.3) is 0 Å². The molecule has 66 valence electrons. The second kappa shape index (κ2) is 4.53. The van der Waals surface area contributed by atoms with Gasteiger partial charge in [0.1, 0.15) is 0 Å². The Kier molecular flexibility index (Phi) is 3.63. The Hall–Kier alpha value is -0.470. The molecule has 2 heteroatoms. The fourth-order valence-electron chi connectivity index (χ4n) is 1.03. The molecule has 0 aliphatic heterocycles. The number of rotatable bonds is 3. The first-order chi connectivity index (χ1) is 5.74. The molecular weight excluding hydrogens is 166 g/mol. The summed E-state index contributed by atoms with van der Waals surface area (Å²) < 4.78 is 0. The first-order valence-corrected chi connectivity index (χ1v) is 5.21. The van der Waals surface area contributed by atoms with Crippen molar-refractivity contribution in [1.29, 1.82) is 0 Å². The van der Waals surface area contributed by atoms with E-state index in [1.54, 1.807) is 0 Å². The molecule has 2 N–H and O–H groups in total. The van der Waals surface area contributed by atoms with Gasteiger partial charge < -0.3 is 5.73 Å². The largest absolute Gasteiger partial charge is 0.324 e. The minimum Gasteiger partial charge on any atom is -0.324 e. The summed E-state index contributed by atoms with van der Waals surface area (Å²) in [7, 11) is 0. The molecule has 1 rings (SSSR count). The molecule has 1 atom stereocenters. The summed E-state index contributed by atoms with van der Waals surface area (Å²) in [5, 5.41) is 0. The van der Waals surface area contributed by atoms with E-state index >= 15 is 0 Å². The van der Waals surface area contributed by atoms with Crippen LogP contribution >= 0.6 is 11.8 Å². The number of nitrogens with two attached hydrogens (primary N) is 1. The van der Waals surface area contributed by atoms with Gasteiger partial charge in [0.05, 0.1) is 0 Å². The summed E-state index contributed by atoms with van der Waals surface area (Å²) in [6.07, 6.45) is 0. The highest BCUT2D eigenvalue weighted by atomic mass is 32.2. The molecule has 0 heterocycles. The van der Waals surface area contributed by atoms with Crippen LogP contribution in [0.25, 0.3) is 0 Å². The molecule has 1 aromatic rings. The number of hydrogen-bond donors (Lipinski definition) is 1. The first kappa shape index (κ1) is 9.62. The normalized spacial score (nSPS) is 12.9. The fourth-order valence-corrected chi connectivity index (χ4v) is 1.70. The van der Waals surface area contributed by atoms with Gasteiger partial charge >= 0.3 is 0 Å². The van der Waals surface area contributed by atoms with E-state index in [1.165, 1.54) is 10.5 Å². The lowest BCUT2D eigenvalue weighted by Crippen LogP contribution is -2.04. The molecule has 0 saturated carbocycles. The van der Waals surface area contributed by atoms with Crippen LogP contribution in [0.1, 0.15) is 25.5 Å². The molecular formula is C10H15NS. The van der Waals surface area contributed by atoms with Crippen molar-refractivity contribution in [3.63, 3.8) is 0 Å². The average molecular weight is 181 g/mol. The molecule has 0 aliphatic carbocycles. The van der Waals surface area contributed by atoms with Gasteiger partial charge in [-0.2, -0.15) is 0 Å². The number of thioether (sulfide) groups is 1. The van der Waals surface area contributed by atoms with Crippen molar-refractivity contribution in [2.24, 2.45) is 5.73 Å². The Balaban J connectivity index is 2.71. The van der Waals surface area contributed by atoms with Crippen molar-refractivity contribution in [1.82, 2.24) is 0 Å². The molecule has 0 aromatic heterocycles. The summed E-state index contributed by atoms with van der Waals surface area (Å²) in [6.45, 7) is 4.16. The summed E-state index contributed by atoms with van der Waals surface area (Å²) in [5.74, 6) is 1.12. The predicted octanol–water partition coefficient (Wildman–Crippen LogP) is 2.82. The first-order valence-electron chi connectivity index (χ1n) is 4.22. The van der Waals surface area contributed by atoms with Crippen molar-refractivity contribution in [3.8, 4) is 0 Å². The van der Waals surface area contributed by atoms with Crippen LogP contribution < -0.4 is 5.73 Å². The molecule has 1 nitrogen and oxygen atoms in total. The molecule has 0 aliphatic rings. The van der Waals surface area contributed by atoms with Gasteiger partial charge in [0, 0.05) is 10.9 Å². The zero-order valence-electron chi connectivity index (χ0n) is 7.58. The minimum absolute atomic E-state index is 0.144. The second-order valence-electron chi connectivity index (χ2n) is 2.79. The molecule has 1 aromatic carbocycles. The molecule has 0 saturated heterocycles. The topological polar surface area (TPSA) is 26.0 Å². The molecule has 0 spiro atoms. The zero-order chi connectivity index (χ0) is 8.97. The standard InChI is InChI=1S/C10H15NS/c1-3-12-10-6-4-9(5-7-10)8(2)11/h4-8H,3,11H2,1-2H3/t8-/m0/s1. The molecule has 0 unspecified atom stereocenters. The van der Waals surface area contributed by atoms with E-state index in [1.807, 2.05) is 18.7 Å². The van der Waals surface area contributed by atoms with Crippen LogP contribution in [0.15, 0.2) is 29.2 Å². The van der Waals surface area contributed by atoms with Crippen LogP contribution in [-0.4, -0.2) is 5.75 Å². The number of benzene rings is 1. The Morgan fingerprint density at radius 1 is 1.33 bits per heavy atom. The Morgan fingerprint density at radius 3 is 2.33 bits per heavy atom. The van der Waals surface area contributed by atoms with Crippen LogP contribution in [0.5, 0.6) is 0 Å². The zero-order valence-corrected chi connectivity index (χ0v) is 8.40. The summed E-state index contributed by atoms with van der Waals surface area (Å²) >= 11 is 1.85. The van der Waals surface area contributed by atoms with E-state index < -0.39 is 0 Å². The van der Waals surface area contributed by atoms with Crippen LogP contribution in [-0.2, 0) is 0 Å². The van der Waals surface area contributed by atoms with Gasteiger partial charge in [-0.15, -0.1) is 11.8 Å². The van der Waals surface area contributed by atoms with Gasteiger partial charge in [0.2, 0.25) is 0 Å². The van der Waals surface area contributed by atoms with Gasteiger partial charge in [-0.3, -0.25) is 0 Å². The predicted molar refractivity (Wildman–Crippen MR) is 55.4 cm³/mol. The Labute approximate surface area is 78.4 Å². The van der Waals surface area contributed by atoms with E-state index in [-0.39, 0.29) is 6.04 Å². The van der Waals surface area contributed by atoms with Gasteiger partial charge in [0.15, 0.2) is 0 Å². The Bertz CT molecular complexity index is 228. The van der Waals surface area contributed by atoms with Crippen molar-refractivity contribution in [3.05, 3.63) is 29.8 Å². The third-order valence-electron chi connectivity index (χ3n) is 1.72.